The van der Waals surface area contributed by atoms with Crippen LogP contribution in [0.3, 0.4) is 0 Å². The van der Waals surface area contributed by atoms with Gasteiger partial charge in [0.2, 0.25) is 15.9 Å². The zero-order valence-electron chi connectivity index (χ0n) is 12.5. The predicted molar refractivity (Wildman–Crippen MR) is 88.1 cm³/mol. The summed E-state index contributed by atoms with van der Waals surface area (Å²) in [4.78, 5) is 12.1. The molecule has 0 fully saturated rings. The van der Waals surface area contributed by atoms with Crippen LogP contribution in [-0.2, 0) is 19.6 Å². The summed E-state index contributed by atoms with van der Waals surface area (Å²) >= 11 is 12.0. The van der Waals surface area contributed by atoms with Crippen molar-refractivity contribution in [2.24, 2.45) is 0 Å². The van der Waals surface area contributed by atoms with E-state index in [1.54, 1.807) is 0 Å². The van der Waals surface area contributed by atoms with Crippen LogP contribution in [0.15, 0.2) is 18.2 Å². The molecular weight excluding hydrogens is 351 g/mol. The second-order valence-electron chi connectivity index (χ2n) is 4.61. The molecule has 0 aliphatic carbocycles. The van der Waals surface area contributed by atoms with E-state index < -0.39 is 22.0 Å². The van der Waals surface area contributed by atoms with Gasteiger partial charge in [-0.15, -0.1) is 0 Å². The van der Waals surface area contributed by atoms with Crippen LogP contribution in [-0.4, -0.2) is 46.9 Å². The molecule has 0 saturated carbocycles. The second kappa shape index (κ2) is 8.01. The first-order chi connectivity index (χ1) is 10.2. The number of carbonyl (C=O) groups excluding carboxylic acids is 1. The molecule has 1 aromatic rings. The number of nitrogens with one attached hydrogen (secondary N) is 1. The van der Waals surface area contributed by atoms with Gasteiger partial charge in [-0.1, -0.05) is 23.2 Å². The number of methoxy groups -OCH3 is 1. The molecule has 0 unspecified atom stereocenters. The van der Waals surface area contributed by atoms with Crippen LogP contribution in [0.25, 0.3) is 0 Å². The zero-order chi connectivity index (χ0) is 16.9. The highest BCUT2D eigenvalue weighted by Crippen LogP contribution is 2.32. The second-order valence-corrected chi connectivity index (χ2v) is 7.32. The summed E-state index contributed by atoms with van der Waals surface area (Å²) in [6, 6.07) is 3.44. The van der Waals surface area contributed by atoms with Crippen LogP contribution in [0.1, 0.15) is 6.92 Å². The summed E-state index contributed by atoms with van der Waals surface area (Å²) in [5, 5.41) is 3.10. The largest absolute Gasteiger partial charge is 0.383 e. The fourth-order valence-electron chi connectivity index (χ4n) is 1.86. The van der Waals surface area contributed by atoms with E-state index in [0.29, 0.717) is 11.6 Å². The third-order valence-electron chi connectivity index (χ3n) is 2.84. The number of rotatable bonds is 7. The van der Waals surface area contributed by atoms with E-state index in [4.69, 9.17) is 27.9 Å². The van der Waals surface area contributed by atoms with Gasteiger partial charge in [-0.3, -0.25) is 9.10 Å². The van der Waals surface area contributed by atoms with E-state index in [2.05, 4.69) is 5.32 Å². The number of ether oxygens (including phenoxy) is 1. The van der Waals surface area contributed by atoms with E-state index in [1.807, 2.05) is 0 Å². The zero-order valence-corrected chi connectivity index (χ0v) is 14.8. The lowest BCUT2D eigenvalue weighted by Crippen LogP contribution is -2.48. The summed E-state index contributed by atoms with van der Waals surface area (Å²) in [5.41, 5.74) is 0.158. The van der Waals surface area contributed by atoms with Crippen molar-refractivity contribution in [2.45, 2.75) is 13.0 Å². The fourth-order valence-corrected chi connectivity index (χ4v) is 3.46. The van der Waals surface area contributed by atoms with Crippen molar-refractivity contribution in [3.63, 3.8) is 0 Å². The maximum absolute atomic E-state index is 12.1. The Morgan fingerprint density at radius 2 is 2.05 bits per heavy atom. The first-order valence-corrected chi connectivity index (χ1v) is 9.00. The summed E-state index contributed by atoms with van der Waals surface area (Å²) in [5.74, 6) is -0.460. The van der Waals surface area contributed by atoms with E-state index in [-0.39, 0.29) is 17.3 Å². The van der Waals surface area contributed by atoms with Crippen LogP contribution in [0.5, 0.6) is 0 Å². The quantitative estimate of drug-likeness (QED) is 0.745. The van der Waals surface area contributed by atoms with Crippen LogP contribution in [0.2, 0.25) is 10.0 Å². The Labute approximate surface area is 140 Å². The lowest BCUT2D eigenvalue weighted by Gasteiger charge is -2.29. The summed E-state index contributed by atoms with van der Waals surface area (Å²) in [6.45, 7) is 2.08. The van der Waals surface area contributed by atoms with Crippen LogP contribution in [0, 0.1) is 0 Å². The van der Waals surface area contributed by atoms with Gasteiger partial charge in [0.1, 0.15) is 6.04 Å². The Morgan fingerprint density at radius 3 is 2.59 bits per heavy atom. The normalized spacial score (nSPS) is 12.8. The van der Waals surface area contributed by atoms with Gasteiger partial charge in [0.15, 0.2) is 0 Å². The standard InChI is InChI=1S/C13H18Cl2N2O4S/c1-9(13(18)16-6-7-21-2)17(22(3,19)20)12-8-10(14)4-5-11(12)15/h4-5,8-9H,6-7H2,1-3H3,(H,16,18)/t9-/m1/s1. The van der Waals surface area contributed by atoms with E-state index in [1.165, 1.54) is 32.2 Å². The van der Waals surface area contributed by atoms with Crippen molar-refractivity contribution in [1.29, 1.82) is 0 Å². The van der Waals surface area contributed by atoms with Crippen molar-refractivity contribution in [3.8, 4) is 0 Å². The molecular formula is C13H18Cl2N2O4S. The Morgan fingerprint density at radius 1 is 1.41 bits per heavy atom. The Bertz CT molecular complexity index is 637. The SMILES string of the molecule is COCCNC(=O)[C@@H](C)N(c1cc(Cl)ccc1Cl)S(C)(=O)=O. The van der Waals surface area contributed by atoms with Crippen molar-refractivity contribution in [3.05, 3.63) is 28.2 Å². The predicted octanol–water partition coefficient (Wildman–Crippen LogP) is 1.91. The monoisotopic (exact) mass is 368 g/mol. The van der Waals surface area contributed by atoms with Crippen LogP contribution < -0.4 is 9.62 Å². The lowest BCUT2D eigenvalue weighted by molar-refractivity contribution is -0.122. The minimum absolute atomic E-state index is 0.158. The Kier molecular flexibility index (Phi) is 6.93. The van der Waals surface area contributed by atoms with Crippen molar-refractivity contribution in [2.75, 3.05) is 30.8 Å². The average Bonchev–Trinajstić information content (AvgIpc) is 2.41. The number of anilines is 1. The molecule has 0 bridgehead atoms. The van der Waals surface area contributed by atoms with Gasteiger partial charge in [0, 0.05) is 18.7 Å². The first kappa shape index (κ1) is 19.0. The van der Waals surface area contributed by atoms with Gasteiger partial charge < -0.3 is 10.1 Å². The molecule has 0 saturated heterocycles. The summed E-state index contributed by atoms with van der Waals surface area (Å²) in [7, 11) is -2.23. The molecule has 1 N–H and O–H groups in total. The number of carbonyl (C=O) groups is 1. The van der Waals surface area contributed by atoms with Gasteiger partial charge in [-0.05, 0) is 25.1 Å². The molecule has 6 nitrogen and oxygen atoms in total. The summed E-state index contributed by atoms with van der Waals surface area (Å²) < 4.78 is 30.0. The van der Waals surface area contributed by atoms with E-state index in [0.717, 1.165) is 10.6 Å². The van der Waals surface area contributed by atoms with Gasteiger partial charge in [0.05, 0.1) is 23.6 Å². The number of hydrogen-bond donors (Lipinski definition) is 1. The molecule has 9 heteroatoms. The molecule has 1 atom stereocenters. The van der Waals surface area contributed by atoms with Crippen molar-refractivity contribution in [1.82, 2.24) is 5.32 Å². The van der Waals surface area contributed by atoms with Crippen molar-refractivity contribution < 1.29 is 17.9 Å². The van der Waals surface area contributed by atoms with Gasteiger partial charge in [0.25, 0.3) is 0 Å². The third-order valence-corrected chi connectivity index (χ3v) is 4.62. The first-order valence-electron chi connectivity index (χ1n) is 6.39. The smallest absolute Gasteiger partial charge is 0.243 e. The molecule has 1 aromatic carbocycles. The molecule has 0 spiro atoms. The molecule has 1 rings (SSSR count). The maximum Gasteiger partial charge on any atom is 0.243 e. The topological polar surface area (TPSA) is 75.7 Å². The molecule has 0 aliphatic heterocycles. The fraction of sp³-hybridized carbons (Fsp3) is 0.462. The minimum atomic E-state index is -3.73. The Balaban J connectivity index is 3.14. The van der Waals surface area contributed by atoms with Gasteiger partial charge in [-0.2, -0.15) is 0 Å². The van der Waals surface area contributed by atoms with Crippen molar-refractivity contribution >= 4 is 44.8 Å². The highest BCUT2D eigenvalue weighted by molar-refractivity contribution is 7.92. The molecule has 22 heavy (non-hydrogen) atoms. The number of amides is 1. The number of nitrogens with zero attached hydrogens (tertiary/aromatic N) is 1. The number of benzene rings is 1. The lowest BCUT2D eigenvalue weighted by atomic mass is 10.2. The van der Waals surface area contributed by atoms with E-state index >= 15 is 0 Å². The highest BCUT2D eigenvalue weighted by Gasteiger charge is 2.30. The highest BCUT2D eigenvalue weighted by atomic mass is 35.5. The maximum atomic E-state index is 12.1. The summed E-state index contributed by atoms with van der Waals surface area (Å²) in [6.07, 6.45) is 1.00. The van der Waals surface area contributed by atoms with Gasteiger partial charge in [-0.25, -0.2) is 8.42 Å². The van der Waals surface area contributed by atoms with Gasteiger partial charge >= 0.3 is 0 Å². The third kappa shape index (κ3) is 5.01. The molecule has 0 aromatic heterocycles. The molecule has 0 radical (unpaired) electrons. The number of hydrogen-bond acceptors (Lipinski definition) is 4. The van der Waals surface area contributed by atoms with E-state index in [9.17, 15) is 13.2 Å². The molecule has 0 heterocycles. The van der Waals surface area contributed by atoms with Crippen LogP contribution in [0.4, 0.5) is 5.69 Å². The Hall–Kier alpha value is -1.02. The van der Waals surface area contributed by atoms with Crippen LogP contribution >= 0.6 is 23.2 Å². The molecule has 0 aliphatic rings. The molecule has 124 valence electrons. The average molecular weight is 369 g/mol. The molecule has 1 amide bonds. The number of sulfonamides is 1. The number of halogens is 2. The minimum Gasteiger partial charge on any atom is -0.383 e.